The van der Waals surface area contributed by atoms with Crippen molar-refractivity contribution >= 4 is 29.0 Å². The van der Waals surface area contributed by atoms with Gasteiger partial charge in [-0.15, -0.1) is 0 Å². The summed E-state index contributed by atoms with van der Waals surface area (Å²) in [6, 6.07) is 7.16. The molecule has 0 aliphatic rings. The second-order valence-corrected chi connectivity index (χ2v) is 4.98. The summed E-state index contributed by atoms with van der Waals surface area (Å²) in [5, 5.41) is 0.685. The van der Waals surface area contributed by atoms with Gasteiger partial charge in [-0.2, -0.15) is 0 Å². The average Bonchev–Trinajstić information content (AvgIpc) is 2.28. The molecule has 0 unspecified atom stereocenters. The van der Waals surface area contributed by atoms with Crippen LogP contribution in [0.1, 0.15) is 27.2 Å². The molecule has 0 atom stereocenters. The number of rotatable bonds is 2. The number of carbonyl (C=O) groups excluding carboxylic acids is 1. The van der Waals surface area contributed by atoms with Crippen molar-refractivity contribution in [3.8, 4) is 0 Å². The van der Waals surface area contributed by atoms with Gasteiger partial charge in [-0.05, 0) is 25.5 Å². The van der Waals surface area contributed by atoms with Crippen LogP contribution in [0.25, 0.3) is 0 Å². The number of carbonyl (C=O) groups is 1. The van der Waals surface area contributed by atoms with Gasteiger partial charge in [0.05, 0.1) is 10.0 Å². The molecule has 2 nitrogen and oxygen atoms in total. The van der Waals surface area contributed by atoms with Gasteiger partial charge in [0.1, 0.15) is 5.69 Å². The average molecular weight is 280 g/mol. The SMILES string of the molecule is Cc1ccc(C(=O)c2ncc(Cl)cc2Cl)c(C)c1. The number of ketones is 1. The summed E-state index contributed by atoms with van der Waals surface area (Å²) in [5.74, 6) is -0.186. The van der Waals surface area contributed by atoms with Crippen molar-refractivity contribution in [2.45, 2.75) is 13.8 Å². The van der Waals surface area contributed by atoms with Crippen LogP contribution >= 0.6 is 23.2 Å². The summed E-state index contributed by atoms with van der Waals surface area (Å²) < 4.78 is 0. The Morgan fingerprint density at radius 3 is 2.50 bits per heavy atom. The van der Waals surface area contributed by atoms with E-state index in [1.807, 2.05) is 26.0 Å². The minimum atomic E-state index is -0.186. The number of aromatic nitrogens is 1. The zero-order valence-electron chi connectivity index (χ0n) is 10.00. The lowest BCUT2D eigenvalue weighted by atomic mass is 10.0. The van der Waals surface area contributed by atoms with Crippen LogP contribution in [-0.4, -0.2) is 10.8 Å². The molecule has 0 saturated heterocycles. The largest absolute Gasteiger partial charge is 0.287 e. The monoisotopic (exact) mass is 279 g/mol. The Labute approximate surface area is 116 Å². The van der Waals surface area contributed by atoms with Crippen molar-refractivity contribution in [2.75, 3.05) is 0 Å². The van der Waals surface area contributed by atoms with Crippen LogP contribution < -0.4 is 0 Å². The number of nitrogens with zero attached hydrogens (tertiary/aromatic N) is 1. The molecule has 0 amide bonds. The third kappa shape index (κ3) is 2.55. The number of halogens is 2. The minimum absolute atomic E-state index is 0.186. The van der Waals surface area contributed by atoms with E-state index in [9.17, 15) is 4.79 Å². The zero-order chi connectivity index (χ0) is 13.3. The van der Waals surface area contributed by atoms with Crippen LogP contribution in [0.3, 0.4) is 0 Å². The molecule has 0 aliphatic heterocycles. The second kappa shape index (κ2) is 5.09. The van der Waals surface area contributed by atoms with E-state index in [2.05, 4.69) is 4.98 Å². The van der Waals surface area contributed by atoms with Crippen molar-refractivity contribution in [2.24, 2.45) is 0 Å². The molecular formula is C14H11Cl2NO. The maximum atomic E-state index is 12.3. The highest BCUT2D eigenvalue weighted by Crippen LogP contribution is 2.22. The molecule has 1 aromatic carbocycles. The molecule has 18 heavy (non-hydrogen) atoms. The summed E-state index contributed by atoms with van der Waals surface area (Å²) in [7, 11) is 0. The number of pyridine rings is 1. The van der Waals surface area contributed by atoms with E-state index >= 15 is 0 Å². The van der Waals surface area contributed by atoms with Gasteiger partial charge in [0, 0.05) is 11.8 Å². The van der Waals surface area contributed by atoms with Gasteiger partial charge in [-0.25, -0.2) is 4.98 Å². The van der Waals surface area contributed by atoms with Crippen LogP contribution in [0.15, 0.2) is 30.5 Å². The number of aryl methyl sites for hydroxylation is 2. The Morgan fingerprint density at radius 1 is 1.17 bits per heavy atom. The number of hydrogen-bond donors (Lipinski definition) is 0. The molecule has 0 bridgehead atoms. The summed E-state index contributed by atoms with van der Waals surface area (Å²) in [6.07, 6.45) is 1.42. The molecule has 0 aliphatic carbocycles. The number of benzene rings is 1. The van der Waals surface area contributed by atoms with Crippen LogP contribution in [0, 0.1) is 13.8 Å². The van der Waals surface area contributed by atoms with Gasteiger partial charge in [0.25, 0.3) is 0 Å². The van der Waals surface area contributed by atoms with E-state index in [4.69, 9.17) is 23.2 Å². The highest BCUT2D eigenvalue weighted by Gasteiger charge is 2.16. The molecule has 0 fully saturated rings. The molecule has 92 valence electrons. The van der Waals surface area contributed by atoms with Gasteiger partial charge in [0.15, 0.2) is 0 Å². The Kier molecular flexibility index (Phi) is 3.69. The summed E-state index contributed by atoms with van der Waals surface area (Å²) in [5.41, 5.74) is 2.86. The molecule has 1 aromatic heterocycles. The predicted molar refractivity (Wildman–Crippen MR) is 73.6 cm³/mol. The zero-order valence-corrected chi connectivity index (χ0v) is 11.5. The summed E-state index contributed by atoms with van der Waals surface area (Å²) in [6.45, 7) is 3.87. The first-order valence-corrected chi connectivity index (χ1v) is 6.17. The third-order valence-electron chi connectivity index (χ3n) is 2.65. The molecular weight excluding hydrogens is 269 g/mol. The van der Waals surface area contributed by atoms with Crippen LogP contribution in [0.5, 0.6) is 0 Å². The molecule has 2 rings (SSSR count). The Hall–Kier alpha value is -1.38. The fourth-order valence-electron chi connectivity index (χ4n) is 1.78. The van der Waals surface area contributed by atoms with Crippen molar-refractivity contribution in [1.29, 1.82) is 0 Å². The summed E-state index contributed by atoms with van der Waals surface area (Å²) in [4.78, 5) is 16.3. The lowest BCUT2D eigenvalue weighted by molar-refractivity contribution is 0.103. The lowest BCUT2D eigenvalue weighted by Gasteiger charge is -2.07. The Bertz CT molecular complexity index is 570. The maximum absolute atomic E-state index is 12.3. The van der Waals surface area contributed by atoms with Gasteiger partial charge in [-0.3, -0.25) is 4.79 Å². The second-order valence-electron chi connectivity index (χ2n) is 4.13. The summed E-state index contributed by atoms with van der Waals surface area (Å²) >= 11 is 11.8. The smallest absolute Gasteiger partial charge is 0.213 e. The Morgan fingerprint density at radius 2 is 1.89 bits per heavy atom. The Balaban J connectivity index is 2.48. The fourth-order valence-corrected chi connectivity index (χ4v) is 2.24. The first-order valence-electron chi connectivity index (χ1n) is 5.42. The van der Waals surface area contributed by atoms with Gasteiger partial charge in [-0.1, -0.05) is 47.0 Å². The molecule has 0 N–H and O–H groups in total. The van der Waals surface area contributed by atoms with E-state index < -0.39 is 0 Å². The first-order chi connectivity index (χ1) is 8.49. The minimum Gasteiger partial charge on any atom is -0.287 e. The third-order valence-corrected chi connectivity index (χ3v) is 3.14. The maximum Gasteiger partial charge on any atom is 0.213 e. The van der Waals surface area contributed by atoms with Crippen molar-refractivity contribution in [1.82, 2.24) is 4.98 Å². The quantitative estimate of drug-likeness (QED) is 0.770. The molecule has 0 saturated carbocycles. The molecule has 2 aromatic rings. The molecule has 4 heteroatoms. The van der Waals surface area contributed by atoms with Crippen molar-refractivity contribution in [3.05, 3.63) is 62.9 Å². The first kappa shape index (κ1) is 13.1. The van der Waals surface area contributed by atoms with Crippen LogP contribution in [0.2, 0.25) is 10.0 Å². The fraction of sp³-hybridized carbons (Fsp3) is 0.143. The van der Waals surface area contributed by atoms with Crippen molar-refractivity contribution < 1.29 is 4.79 Å². The van der Waals surface area contributed by atoms with E-state index in [0.717, 1.165) is 11.1 Å². The van der Waals surface area contributed by atoms with Crippen molar-refractivity contribution in [3.63, 3.8) is 0 Å². The normalized spacial score (nSPS) is 10.4. The lowest BCUT2D eigenvalue weighted by Crippen LogP contribution is -2.07. The molecule has 0 radical (unpaired) electrons. The highest BCUT2D eigenvalue weighted by molar-refractivity contribution is 6.37. The van der Waals surface area contributed by atoms with Crippen LogP contribution in [-0.2, 0) is 0 Å². The van der Waals surface area contributed by atoms with E-state index in [1.165, 1.54) is 12.3 Å². The highest BCUT2D eigenvalue weighted by atomic mass is 35.5. The van der Waals surface area contributed by atoms with E-state index in [0.29, 0.717) is 10.6 Å². The molecule has 1 heterocycles. The van der Waals surface area contributed by atoms with E-state index in [1.54, 1.807) is 6.07 Å². The standard InChI is InChI=1S/C14H11Cl2NO/c1-8-3-4-11(9(2)5-8)14(18)13-12(16)6-10(15)7-17-13/h3-7H,1-2H3. The van der Waals surface area contributed by atoms with E-state index in [-0.39, 0.29) is 16.5 Å². The van der Waals surface area contributed by atoms with Gasteiger partial charge in [0.2, 0.25) is 5.78 Å². The topological polar surface area (TPSA) is 30.0 Å². The van der Waals surface area contributed by atoms with Crippen LogP contribution in [0.4, 0.5) is 0 Å². The predicted octanol–water partition coefficient (Wildman–Crippen LogP) is 4.24. The molecule has 0 spiro atoms. The number of hydrogen-bond acceptors (Lipinski definition) is 2. The van der Waals surface area contributed by atoms with Gasteiger partial charge >= 0.3 is 0 Å². The van der Waals surface area contributed by atoms with Gasteiger partial charge < -0.3 is 0 Å².